The standard InChI is InChI=1S/C11H16O5/c1-11(2)7(9(11)10(13)14)4-5-8(12)16-6-15-3/h4-5,7,9H,6H2,1-3H3,(H,13,14). The van der Waals surface area contributed by atoms with Crippen LogP contribution in [-0.2, 0) is 19.1 Å². The van der Waals surface area contributed by atoms with Crippen LogP contribution in [0.5, 0.6) is 0 Å². The minimum absolute atomic E-state index is 0.0976. The summed E-state index contributed by atoms with van der Waals surface area (Å²) >= 11 is 0. The molecule has 2 atom stereocenters. The fourth-order valence-electron chi connectivity index (χ4n) is 1.86. The van der Waals surface area contributed by atoms with E-state index in [9.17, 15) is 9.59 Å². The second-order valence-electron chi connectivity index (χ2n) is 4.39. The van der Waals surface area contributed by atoms with Gasteiger partial charge in [0.05, 0.1) is 5.92 Å². The number of carboxylic acids is 1. The maximum Gasteiger partial charge on any atom is 0.332 e. The predicted molar refractivity (Wildman–Crippen MR) is 55.5 cm³/mol. The summed E-state index contributed by atoms with van der Waals surface area (Å²) in [7, 11) is 1.42. The van der Waals surface area contributed by atoms with Crippen LogP contribution in [-0.4, -0.2) is 30.9 Å². The van der Waals surface area contributed by atoms with Crippen LogP contribution in [0.2, 0.25) is 0 Å². The van der Waals surface area contributed by atoms with Crippen LogP contribution in [0.3, 0.4) is 0 Å². The Morgan fingerprint density at radius 3 is 2.50 bits per heavy atom. The lowest BCUT2D eigenvalue weighted by Gasteiger charge is -1.98. The average Bonchev–Trinajstić information content (AvgIpc) is 2.74. The van der Waals surface area contributed by atoms with Crippen molar-refractivity contribution in [2.75, 3.05) is 13.9 Å². The highest BCUT2D eigenvalue weighted by Crippen LogP contribution is 2.58. The topological polar surface area (TPSA) is 72.8 Å². The van der Waals surface area contributed by atoms with E-state index in [1.165, 1.54) is 13.2 Å². The van der Waals surface area contributed by atoms with Gasteiger partial charge in [-0.15, -0.1) is 0 Å². The molecule has 5 heteroatoms. The van der Waals surface area contributed by atoms with E-state index in [0.717, 1.165) is 0 Å². The van der Waals surface area contributed by atoms with Crippen LogP contribution in [0, 0.1) is 17.3 Å². The fraction of sp³-hybridized carbons (Fsp3) is 0.636. The molecule has 1 saturated carbocycles. The molecular weight excluding hydrogens is 212 g/mol. The Labute approximate surface area is 94.0 Å². The highest BCUT2D eigenvalue weighted by molar-refractivity contribution is 5.83. The molecule has 0 amide bonds. The quantitative estimate of drug-likeness (QED) is 0.432. The monoisotopic (exact) mass is 228 g/mol. The molecule has 1 N–H and O–H groups in total. The Morgan fingerprint density at radius 1 is 1.44 bits per heavy atom. The number of rotatable bonds is 5. The zero-order valence-corrected chi connectivity index (χ0v) is 9.60. The lowest BCUT2D eigenvalue weighted by atomic mass is 10.1. The molecule has 0 radical (unpaired) electrons. The van der Waals surface area contributed by atoms with Crippen molar-refractivity contribution in [1.29, 1.82) is 0 Å². The first-order valence-electron chi connectivity index (χ1n) is 4.98. The number of methoxy groups -OCH3 is 1. The molecule has 1 aliphatic rings. The Balaban J connectivity index is 2.47. The lowest BCUT2D eigenvalue weighted by molar-refractivity contribution is -0.148. The molecule has 0 aliphatic heterocycles. The van der Waals surface area contributed by atoms with Gasteiger partial charge in [0.1, 0.15) is 0 Å². The number of aliphatic carboxylic acids is 1. The third-order valence-corrected chi connectivity index (χ3v) is 2.94. The molecular formula is C11H16O5. The molecule has 2 unspecified atom stereocenters. The zero-order valence-electron chi connectivity index (χ0n) is 9.60. The van der Waals surface area contributed by atoms with Crippen molar-refractivity contribution in [3.05, 3.63) is 12.2 Å². The van der Waals surface area contributed by atoms with Crippen LogP contribution in [0.1, 0.15) is 13.8 Å². The Morgan fingerprint density at radius 2 is 2.06 bits per heavy atom. The average molecular weight is 228 g/mol. The predicted octanol–water partition coefficient (Wildman–Crippen LogP) is 1.05. The summed E-state index contributed by atoms with van der Waals surface area (Å²) in [5, 5.41) is 8.90. The third-order valence-electron chi connectivity index (χ3n) is 2.94. The highest BCUT2D eigenvalue weighted by atomic mass is 16.7. The molecule has 90 valence electrons. The SMILES string of the molecule is COCOC(=O)C=CC1C(C(=O)O)C1(C)C. The van der Waals surface area contributed by atoms with Crippen molar-refractivity contribution >= 4 is 11.9 Å². The molecule has 0 aromatic rings. The Kier molecular flexibility index (Phi) is 3.70. The van der Waals surface area contributed by atoms with Gasteiger partial charge >= 0.3 is 11.9 Å². The third kappa shape index (κ3) is 2.61. The largest absolute Gasteiger partial charge is 0.481 e. The van der Waals surface area contributed by atoms with Crippen molar-refractivity contribution in [2.24, 2.45) is 17.3 Å². The number of allylic oxidation sites excluding steroid dienone is 1. The van der Waals surface area contributed by atoms with Gasteiger partial charge in [-0.1, -0.05) is 19.9 Å². The summed E-state index contributed by atoms with van der Waals surface area (Å²) in [5.41, 5.74) is -0.288. The van der Waals surface area contributed by atoms with E-state index in [2.05, 4.69) is 9.47 Å². The minimum Gasteiger partial charge on any atom is -0.481 e. The van der Waals surface area contributed by atoms with Crippen molar-refractivity contribution in [2.45, 2.75) is 13.8 Å². The number of hydrogen-bond donors (Lipinski definition) is 1. The maximum atomic E-state index is 11.1. The van der Waals surface area contributed by atoms with Crippen molar-refractivity contribution in [3.8, 4) is 0 Å². The van der Waals surface area contributed by atoms with E-state index in [4.69, 9.17) is 5.11 Å². The number of carbonyl (C=O) groups is 2. The first-order valence-corrected chi connectivity index (χ1v) is 4.98. The van der Waals surface area contributed by atoms with E-state index in [0.29, 0.717) is 0 Å². The molecule has 0 saturated heterocycles. The van der Waals surface area contributed by atoms with Gasteiger partial charge in [-0.25, -0.2) is 4.79 Å². The van der Waals surface area contributed by atoms with Crippen molar-refractivity contribution in [1.82, 2.24) is 0 Å². The molecule has 1 fully saturated rings. The molecule has 0 spiro atoms. The lowest BCUT2D eigenvalue weighted by Crippen LogP contribution is -2.04. The van der Waals surface area contributed by atoms with Gasteiger partial charge in [-0.3, -0.25) is 4.79 Å². The Hall–Kier alpha value is -1.36. The molecule has 0 heterocycles. The number of carboxylic acid groups (broad SMARTS) is 1. The second-order valence-corrected chi connectivity index (χ2v) is 4.39. The molecule has 1 aliphatic carbocycles. The molecule has 0 aromatic heterocycles. The molecule has 0 aromatic carbocycles. The molecule has 0 bridgehead atoms. The van der Waals surface area contributed by atoms with Gasteiger partial charge in [0.2, 0.25) is 0 Å². The van der Waals surface area contributed by atoms with Crippen LogP contribution >= 0.6 is 0 Å². The molecule has 5 nitrogen and oxygen atoms in total. The number of hydrogen-bond acceptors (Lipinski definition) is 4. The van der Waals surface area contributed by atoms with Gasteiger partial charge in [0.25, 0.3) is 0 Å². The first-order chi connectivity index (χ1) is 7.41. The van der Waals surface area contributed by atoms with E-state index >= 15 is 0 Å². The summed E-state index contributed by atoms with van der Waals surface area (Å²) < 4.78 is 9.20. The molecule has 16 heavy (non-hydrogen) atoms. The van der Waals surface area contributed by atoms with Gasteiger partial charge < -0.3 is 14.6 Å². The smallest absolute Gasteiger partial charge is 0.332 e. The number of carbonyl (C=O) groups excluding carboxylic acids is 1. The van der Waals surface area contributed by atoms with Crippen molar-refractivity contribution < 1.29 is 24.2 Å². The summed E-state index contributed by atoms with van der Waals surface area (Å²) in [6.07, 6.45) is 2.85. The van der Waals surface area contributed by atoms with E-state index in [1.54, 1.807) is 6.08 Å². The molecule has 1 rings (SSSR count). The summed E-state index contributed by atoms with van der Waals surface area (Å²) in [4.78, 5) is 21.9. The fourth-order valence-corrected chi connectivity index (χ4v) is 1.86. The number of ether oxygens (including phenoxy) is 2. The number of esters is 1. The second kappa shape index (κ2) is 4.65. The van der Waals surface area contributed by atoms with Gasteiger partial charge in [-0.2, -0.15) is 0 Å². The summed E-state index contributed by atoms with van der Waals surface area (Å²) in [5.74, 6) is -1.88. The van der Waals surface area contributed by atoms with E-state index in [-0.39, 0.29) is 18.1 Å². The van der Waals surface area contributed by atoms with Crippen LogP contribution in [0.15, 0.2) is 12.2 Å². The minimum atomic E-state index is -0.829. The zero-order chi connectivity index (χ0) is 12.3. The van der Waals surface area contributed by atoms with Crippen LogP contribution in [0.25, 0.3) is 0 Å². The normalized spacial score (nSPS) is 26.7. The first kappa shape index (κ1) is 12.7. The highest BCUT2D eigenvalue weighted by Gasteiger charge is 2.60. The van der Waals surface area contributed by atoms with Gasteiger partial charge in [-0.05, 0) is 11.3 Å². The van der Waals surface area contributed by atoms with Gasteiger partial charge in [0, 0.05) is 13.2 Å². The summed E-state index contributed by atoms with van der Waals surface area (Å²) in [6, 6.07) is 0. The van der Waals surface area contributed by atoms with E-state index < -0.39 is 17.9 Å². The van der Waals surface area contributed by atoms with Crippen LogP contribution < -0.4 is 0 Å². The van der Waals surface area contributed by atoms with Gasteiger partial charge in [0.15, 0.2) is 6.79 Å². The summed E-state index contributed by atoms with van der Waals surface area (Å²) in [6.45, 7) is 3.63. The van der Waals surface area contributed by atoms with Crippen molar-refractivity contribution in [3.63, 3.8) is 0 Å². The van der Waals surface area contributed by atoms with Crippen LogP contribution in [0.4, 0.5) is 0 Å². The Bertz CT molecular complexity index is 318. The maximum absolute atomic E-state index is 11.1. The van der Waals surface area contributed by atoms with E-state index in [1.807, 2.05) is 13.8 Å².